The van der Waals surface area contributed by atoms with Crippen LogP contribution in [0.4, 0.5) is 0 Å². The molecule has 18 heavy (non-hydrogen) atoms. The second-order valence-electron chi connectivity index (χ2n) is 5.78. The van der Waals surface area contributed by atoms with Gasteiger partial charge in [0.05, 0.1) is 5.75 Å². The molecule has 4 nitrogen and oxygen atoms in total. The van der Waals surface area contributed by atoms with Crippen LogP contribution in [0.15, 0.2) is 0 Å². The van der Waals surface area contributed by atoms with Gasteiger partial charge in [0.1, 0.15) is 0 Å². The molecule has 1 aliphatic heterocycles. The summed E-state index contributed by atoms with van der Waals surface area (Å²) in [6.45, 7) is 5.57. The van der Waals surface area contributed by atoms with E-state index in [1.54, 1.807) is 4.31 Å². The van der Waals surface area contributed by atoms with Gasteiger partial charge in [0, 0.05) is 25.2 Å². The van der Waals surface area contributed by atoms with Gasteiger partial charge in [-0.05, 0) is 44.9 Å². The largest absolute Gasteiger partial charge is 0.311 e. The van der Waals surface area contributed by atoms with Gasteiger partial charge in [0.15, 0.2) is 0 Å². The number of hydrogen-bond donors (Lipinski definition) is 1. The molecule has 0 aromatic heterocycles. The van der Waals surface area contributed by atoms with E-state index in [0.717, 1.165) is 18.8 Å². The smallest absolute Gasteiger partial charge is 0.214 e. The minimum Gasteiger partial charge on any atom is -0.311 e. The molecule has 5 heteroatoms. The summed E-state index contributed by atoms with van der Waals surface area (Å²) < 4.78 is 25.6. The molecular weight excluding hydrogens is 248 g/mol. The van der Waals surface area contributed by atoms with E-state index in [1.165, 1.54) is 12.8 Å². The Hall–Kier alpha value is -0.130. The first-order valence-electron chi connectivity index (χ1n) is 7.27. The fourth-order valence-corrected chi connectivity index (χ4v) is 4.33. The molecular formula is C13H26N2O2S. The number of sulfonamides is 1. The Labute approximate surface area is 111 Å². The minimum absolute atomic E-state index is 0.295. The van der Waals surface area contributed by atoms with Gasteiger partial charge in [0.25, 0.3) is 0 Å². The van der Waals surface area contributed by atoms with Gasteiger partial charge in [-0.1, -0.05) is 6.92 Å². The van der Waals surface area contributed by atoms with Crippen molar-refractivity contribution in [2.45, 2.75) is 58.0 Å². The van der Waals surface area contributed by atoms with Gasteiger partial charge in [-0.3, -0.25) is 0 Å². The van der Waals surface area contributed by atoms with E-state index in [1.807, 2.05) is 6.92 Å². The maximum Gasteiger partial charge on any atom is 0.214 e. The summed E-state index contributed by atoms with van der Waals surface area (Å²) in [6.07, 6.45) is 5.34. The topological polar surface area (TPSA) is 49.4 Å². The molecule has 0 spiro atoms. The summed E-state index contributed by atoms with van der Waals surface area (Å²) in [4.78, 5) is 0. The number of nitrogens with one attached hydrogen (secondary N) is 1. The molecule has 2 fully saturated rings. The SMILES string of the molecule is CCCS(=O)(=O)N1CCC(NC(C)C2CC2)CC1. The van der Waals surface area contributed by atoms with Crippen LogP contribution in [0.25, 0.3) is 0 Å². The van der Waals surface area contributed by atoms with Gasteiger partial charge >= 0.3 is 0 Å². The average Bonchev–Trinajstić information content (AvgIpc) is 3.13. The molecule has 1 atom stereocenters. The van der Waals surface area contributed by atoms with Gasteiger partial charge in [0.2, 0.25) is 10.0 Å². The Morgan fingerprint density at radius 2 is 1.83 bits per heavy atom. The van der Waals surface area contributed by atoms with Gasteiger partial charge in [-0.15, -0.1) is 0 Å². The summed E-state index contributed by atoms with van der Waals surface area (Å²) in [6, 6.07) is 1.11. The fourth-order valence-electron chi connectivity index (χ4n) is 2.79. The van der Waals surface area contributed by atoms with E-state index in [2.05, 4.69) is 12.2 Å². The Morgan fingerprint density at radius 1 is 1.22 bits per heavy atom. The van der Waals surface area contributed by atoms with Crippen LogP contribution in [0.3, 0.4) is 0 Å². The molecule has 1 aliphatic carbocycles. The summed E-state index contributed by atoms with van der Waals surface area (Å²) >= 11 is 0. The quantitative estimate of drug-likeness (QED) is 0.800. The summed E-state index contributed by atoms with van der Waals surface area (Å²) in [7, 11) is -2.98. The van der Waals surface area contributed by atoms with Crippen molar-refractivity contribution in [3.05, 3.63) is 0 Å². The van der Waals surface area contributed by atoms with Crippen molar-refractivity contribution >= 4 is 10.0 Å². The zero-order valence-corrected chi connectivity index (χ0v) is 12.4. The molecule has 1 N–H and O–H groups in total. The molecule has 0 aromatic carbocycles. The van der Waals surface area contributed by atoms with Gasteiger partial charge < -0.3 is 5.32 Å². The molecule has 1 unspecified atom stereocenters. The Morgan fingerprint density at radius 3 is 2.33 bits per heavy atom. The number of nitrogens with zero attached hydrogens (tertiary/aromatic N) is 1. The average molecular weight is 274 g/mol. The Bertz CT molecular complexity index is 357. The first-order valence-corrected chi connectivity index (χ1v) is 8.87. The first kappa shape index (κ1) is 14.3. The molecule has 1 saturated heterocycles. The van der Waals surface area contributed by atoms with Crippen LogP contribution < -0.4 is 5.32 Å². The zero-order chi connectivity index (χ0) is 13.2. The second kappa shape index (κ2) is 5.88. The Kier molecular flexibility index (Phi) is 4.67. The third kappa shape index (κ3) is 3.68. The van der Waals surface area contributed by atoms with Crippen molar-refractivity contribution in [3.8, 4) is 0 Å². The van der Waals surface area contributed by atoms with E-state index in [0.29, 0.717) is 37.3 Å². The van der Waals surface area contributed by atoms with Gasteiger partial charge in [-0.25, -0.2) is 12.7 Å². The van der Waals surface area contributed by atoms with Crippen molar-refractivity contribution in [3.63, 3.8) is 0 Å². The third-order valence-electron chi connectivity index (χ3n) is 4.14. The lowest BCUT2D eigenvalue weighted by Crippen LogP contribution is -2.48. The van der Waals surface area contributed by atoms with Gasteiger partial charge in [-0.2, -0.15) is 0 Å². The maximum absolute atomic E-state index is 11.9. The highest BCUT2D eigenvalue weighted by Crippen LogP contribution is 2.33. The van der Waals surface area contributed by atoms with Crippen LogP contribution in [-0.2, 0) is 10.0 Å². The van der Waals surface area contributed by atoms with E-state index in [-0.39, 0.29) is 0 Å². The second-order valence-corrected chi connectivity index (χ2v) is 7.87. The maximum atomic E-state index is 11.9. The van der Waals surface area contributed by atoms with Crippen LogP contribution >= 0.6 is 0 Å². The zero-order valence-electron chi connectivity index (χ0n) is 11.6. The van der Waals surface area contributed by atoms with Crippen LogP contribution in [0.5, 0.6) is 0 Å². The highest BCUT2D eigenvalue weighted by molar-refractivity contribution is 7.89. The summed E-state index contributed by atoms with van der Waals surface area (Å²) in [5, 5.41) is 3.66. The standard InChI is InChI=1S/C13H26N2O2S/c1-3-10-18(16,17)15-8-6-13(7-9-15)14-11(2)12-4-5-12/h11-14H,3-10H2,1-2H3. The Balaban J connectivity index is 1.77. The van der Waals surface area contributed by atoms with Crippen molar-refractivity contribution in [2.75, 3.05) is 18.8 Å². The highest BCUT2D eigenvalue weighted by atomic mass is 32.2. The van der Waals surface area contributed by atoms with Crippen LogP contribution in [0.1, 0.15) is 46.0 Å². The van der Waals surface area contributed by atoms with Crippen molar-refractivity contribution in [1.29, 1.82) is 0 Å². The van der Waals surface area contributed by atoms with Crippen molar-refractivity contribution in [2.24, 2.45) is 5.92 Å². The van der Waals surface area contributed by atoms with E-state index < -0.39 is 10.0 Å². The number of hydrogen-bond acceptors (Lipinski definition) is 3. The minimum atomic E-state index is -2.98. The lowest BCUT2D eigenvalue weighted by Gasteiger charge is -2.33. The van der Waals surface area contributed by atoms with Crippen molar-refractivity contribution < 1.29 is 8.42 Å². The lowest BCUT2D eigenvalue weighted by molar-refractivity contribution is 0.270. The predicted octanol–water partition coefficient (Wildman–Crippen LogP) is 1.58. The first-order chi connectivity index (χ1) is 8.53. The van der Waals surface area contributed by atoms with E-state index >= 15 is 0 Å². The van der Waals surface area contributed by atoms with E-state index in [9.17, 15) is 8.42 Å². The molecule has 2 rings (SSSR count). The van der Waals surface area contributed by atoms with Crippen LogP contribution in [-0.4, -0.2) is 43.6 Å². The highest BCUT2D eigenvalue weighted by Gasteiger charge is 2.32. The molecule has 2 aliphatic rings. The van der Waals surface area contributed by atoms with Crippen LogP contribution in [0, 0.1) is 5.92 Å². The van der Waals surface area contributed by atoms with Crippen molar-refractivity contribution in [1.82, 2.24) is 9.62 Å². The summed E-state index contributed by atoms with van der Waals surface area (Å²) in [5.41, 5.74) is 0. The molecule has 0 amide bonds. The molecule has 0 bridgehead atoms. The number of piperidine rings is 1. The molecule has 0 aromatic rings. The van der Waals surface area contributed by atoms with Crippen LogP contribution in [0.2, 0.25) is 0 Å². The third-order valence-corrected chi connectivity index (χ3v) is 6.21. The van der Waals surface area contributed by atoms with E-state index in [4.69, 9.17) is 0 Å². The predicted molar refractivity (Wildman–Crippen MR) is 74.0 cm³/mol. The molecule has 1 saturated carbocycles. The lowest BCUT2D eigenvalue weighted by atomic mass is 10.0. The number of rotatable bonds is 6. The fraction of sp³-hybridized carbons (Fsp3) is 1.00. The molecule has 0 radical (unpaired) electrons. The molecule has 1 heterocycles. The summed E-state index contributed by atoms with van der Waals surface area (Å²) in [5.74, 6) is 1.16. The molecule has 106 valence electrons. The normalized spacial score (nSPS) is 25.2. The monoisotopic (exact) mass is 274 g/mol.